The number of hydrogen-bond donors (Lipinski definition) is 1. The molecule has 0 radical (unpaired) electrons. The molecule has 0 spiro atoms. The van der Waals surface area contributed by atoms with Crippen LogP contribution in [0.2, 0.25) is 10.0 Å². The van der Waals surface area contributed by atoms with Crippen LogP contribution in [-0.2, 0) is 10.2 Å². The second kappa shape index (κ2) is 6.25. The Labute approximate surface area is 135 Å². The number of carbonyl (C=O) groups is 1. The third kappa shape index (κ3) is 2.72. The summed E-state index contributed by atoms with van der Waals surface area (Å²) in [7, 11) is 0. The van der Waals surface area contributed by atoms with Gasteiger partial charge in [-0.3, -0.25) is 4.90 Å². The van der Waals surface area contributed by atoms with Gasteiger partial charge in [0, 0.05) is 25.0 Å². The number of nitrogens with one attached hydrogen (secondary N) is 1. The molecule has 0 bridgehead atoms. The van der Waals surface area contributed by atoms with Crippen molar-refractivity contribution in [3.8, 4) is 0 Å². The second-order valence-electron chi connectivity index (χ2n) is 6.04. The number of piperidine rings is 1. The van der Waals surface area contributed by atoms with E-state index in [2.05, 4.69) is 10.2 Å². The van der Waals surface area contributed by atoms with Crippen molar-refractivity contribution in [1.82, 2.24) is 10.2 Å². The van der Waals surface area contributed by atoms with E-state index in [1.165, 1.54) is 6.42 Å². The van der Waals surface area contributed by atoms with Crippen molar-refractivity contribution in [2.75, 3.05) is 26.2 Å². The van der Waals surface area contributed by atoms with Crippen molar-refractivity contribution >= 4 is 29.5 Å². The molecule has 2 heterocycles. The molecule has 3 nitrogen and oxygen atoms in total. The zero-order valence-corrected chi connectivity index (χ0v) is 13.5. The van der Waals surface area contributed by atoms with Crippen LogP contribution in [0.25, 0.3) is 0 Å². The molecule has 114 valence electrons. The van der Waals surface area contributed by atoms with Crippen LogP contribution in [0.5, 0.6) is 0 Å². The fraction of sp³-hybridized carbons (Fsp3) is 0.562. The highest BCUT2D eigenvalue weighted by atomic mass is 35.5. The molecular formula is C16H20Cl2N2O. The van der Waals surface area contributed by atoms with E-state index in [0.29, 0.717) is 10.0 Å². The van der Waals surface area contributed by atoms with Crippen molar-refractivity contribution in [2.45, 2.75) is 30.7 Å². The third-order valence-electron chi connectivity index (χ3n) is 4.89. The lowest BCUT2D eigenvalue weighted by molar-refractivity contribution is -0.117. The van der Waals surface area contributed by atoms with Crippen LogP contribution >= 0.6 is 23.2 Å². The van der Waals surface area contributed by atoms with E-state index in [-0.39, 0.29) is 11.5 Å². The van der Waals surface area contributed by atoms with Gasteiger partial charge >= 0.3 is 0 Å². The van der Waals surface area contributed by atoms with Gasteiger partial charge in [0.05, 0.1) is 16.1 Å². The maximum absolute atomic E-state index is 11.8. The predicted octanol–water partition coefficient (Wildman–Crippen LogP) is 2.89. The highest BCUT2D eigenvalue weighted by Gasteiger charge is 2.45. The van der Waals surface area contributed by atoms with Crippen LogP contribution in [0.15, 0.2) is 18.2 Å². The summed E-state index contributed by atoms with van der Waals surface area (Å²) >= 11 is 12.3. The number of nitrogens with zero attached hydrogens (tertiary/aromatic N) is 1. The molecule has 0 aliphatic carbocycles. The van der Waals surface area contributed by atoms with Gasteiger partial charge in [0.2, 0.25) is 0 Å². The maximum Gasteiger partial charge on any atom is 0.138 e. The van der Waals surface area contributed by atoms with Crippen LogP contribution in [0.3, 0.4) is 0 Å². The minimum absolute atomic E-state index is 0.0868. The lowest BCUT2D eigenvalue weighted by Crippen LogP contribution is -2.61. The largest absolute Gasteiger partial charge is 0.316 e. The molecule has 5 heteroatoms. The van der Waals surface area contributed by atoms with Gasteiger partial charge < -0.3 is 10.1 Å². The van der Waals surface area contributed by atoms with Gasteiger partial charge in [-0.15, -0.1) is 0 Å². The van der Waals surface area contributed by atoms with Gasteiger partial charge in [-0.25, -0.2) is 0 Å². The van der Waals surface area contributed by atoms with Gasteiger partial charge in [0.25, 0.3) is 0 Å². The summed E-state index contributed by atoms with van der Waals surface area (Å²) in [5, 5.41) is 4.59. The number of rotatable bonds is 4. The highest BCUT2D eigenvalue weighted by molar-refractivity contribution is 6.42. The normalized spacial score (nSPS) is 27.9. The molecule has 0 aromatic heterocycles. The standard InChI is InChI=1S/C16H20Cl2N2O/c17-13-4-3-12(9-14(13)18)16(5-1-6-19-11-16)15(10-21)20-7-2-8-20/h3-4,9-10,15,19H,1-2,5-8,11H2/t15-,16?/m1/s1. The van der Waals surface area contributed by atoms with Crippen LogP contribution < -0.4 is 5.32 Å². The van der Waals surface area contributed by atoms with Crippen LogP contribution in [0, 0.1) is 0 Å². The molecular weight excluding hydrogens is 307 g/mol. The molecule has 0 saturated carbocycles. The van der Waals surface area contributed by atoms with E-state index in [1.54, 1.807) is 0 Å². The lowest BCUT2D eigenvalue weighted by Gasteiger charge is -2.49. The molecule has 1 N–H and O–H groups in total. The summed E-state index contributed by atoms with van der Waals surface area (Å²) in [6.07, 6.45) is 4.36. The average Bonchev–Trinajstić information content (AvgIpc) is 2.46. The molecule has 2 fully saturated rings. The summed E-state index contributed by atoms with van der Waals surface area (Å²) in [5.41, 5.74) is 0.919. The average molecular weight is 327 g/mol. The highest BCUT2D eigenvalue weighted by Crippen LogP contribution is 2.40. The summed E-state index contributed by atoms with van der Waals surface area (Å²) in [6, 6.07) is 5.72. The molecule has 1 unspecified atom stereocenters. The fourth-order valence-electron chi connectivity index (χ4n) is 3.59. The predicted molar refractivity (Wildman–Crippen MR) is 86.3 cm³/mol. The Bertz CT molecular complexity index is 525. The summed E-state index contributed by atoms with van der Waals surface area (Å²) in [5.74, 6) is 0. The molecule has 21 heavy (non-hydrogen) atoms. The molecule has 2 saturated heterocycles. The number of likely N-dealkylation sites (tertiary alicyclic amines) is 1. The minimum atomic E-state index is -0.200. The first-order valence-electron chi connectivity index (χ1n) is 7.53. The first-order valence-corrected chi connectivity index (χ1v) is 8.28. The molecule has 3 rings (SSSR count). The minimum Gasteiger partial charge on any atom is -0.316 e. The van der Waals surface area contributed by atoms with Crippen molar-refractivity contribution in [3.05, 3.63) is 33.8 Å². The molecule has 2 aliphatic heterocycles. The van der Waals surface area contributed by atoms with Gasteiger partial charge in [-0.05, 0) is 43.5 Å². The summed E-state index contributed by atoms with van der Waals surface area (Å²) < 4.78 is 0. The topological polar surface area (TPSA) is 32.3 Å². The quantitative estimate of drug-likeness (QED) is 0.863. The molecule has 2 atom stereocenters. The SMILES string of the molecule is O=C[C@@H](N1CCC1)C1(c2ccc(Cl)c(Cl)c2)CCCNC1. The van der Waals surface area contributed by atoms with Gasteiger partial charge in [-0.2, -0.15) is 0 Å². The first-order chi connectivity index (χ1) is 10.2. The zero-order valence-electron chi connectivity index (χ0n) is 11.9. The Morgan fingerprint density at radius 1 is 1.24 bits per heavy atom. The van der Waals surface area contributed by atoms with Crippen LogP contribution in [-0.4, -0.2) is 43.4 Å². The Morgan fingerprint density at radius 2 is 2.05 bits per heavy atom. The fourth-order valence-corrected chi connectivity index (χ4v) is 3.89. The van der Waals surface area contributed by atoms with Crippen molar-refractivity contribution < 1.29 is 4.79 Å². The Kier molecular flexibility index (Phi) is 4.55. The Balaban J connectivity index is 2.02. The number of benzene rings is 1. The molecule has 1 aromatic carbocycles. The number of halogens is 2. The van der Waals surface area contributed by atoms with Crippen LogP contribution in [0.4, 0.5) is 0 Å². The number of aldehydes is 1. The Hall–Kier alpha value is -0.610. The smallest absolute Gasteiger partial charge is 0.138 e. The van der Waals surface area contributed by atoms with Gasteiger partial charge in [-0.1, -0.05) is 29.3 Å². The maximum atomic E-state index is 11.8. The summed E-state index contributed by atoms with van der Waals surface area (Å²) in [6.45, 7) is 3.83. The van der Waals surface area contributed by atoms with Crippen molar-refractivity contribution in [3.63, 3.8) is 0 Å². The first kappa shape index (κ1) is 15.3. The van der Waals surface area contributed by atoms with E-state index >= 15 is 0 Å². The van der Waals surface area contributed by atoms with E-state index in [0.717, 1.165) is 50.9 Å². The van der Waals surface area contributed by atoms with Crippen LogP contribution in [0.1, 0.15) is 24.8 Å². The van der Waals surface area contributed by atoms with E-state index < -0.39 is 0 Å². The monoisotopic (exact) mass is 326 g/mol. The third-order valence-corrected chi connectivity index (χ3v) is 5.63. The molecule has 2 aliphatic rings. The van der Waals surface area contributed by atoms with E-state index in [4.69, 9.17) is 23.2 Å². The molecule has 0 amide bonds. The Morgan fingerprint density at radius 3 is 2.57 bits per heavy atom. The van der Waals surface area contributed by atoms with Gasteiger partial charge in [0.1, 0.15) is 6.29 Å². The zero-order chi connectivity index (χ0) is 14.9. The second-order valence-corrected chi connectivity index (χ2v) is 6.85. The summed E-state index contributed by atoms with van der Waals surface area (Å²) in [4.78, 5) is 14.1. The molecule has 1 aromatic rings. The lowest BCUT2D eigenvalue weighted by atomic mass is 9.68. The van der Waals surface area contributed by atoms with Crippen molar-refractivity contribution in [1.29, 1.82) is 0 Å². The van der Waals surface area contributed by atoms with Gasteiger partial charge in [0.15, 0.2) is 0 Å². The van der Waals surface area contributed by atoms with E-state index in [1.807, 2.05) is 18.2 Å². The number of hydrogen-bond acceptors (Lipinski definition) is 3. The number of carbonyl (C=O) groups excluding carboxylic acids is 1. The van der Waals surface area contributed by atoms with E-state index in [9.17, 15) is 4.79 Å². The van der Waals surface area contributed by atoms with Crippen molar-refractivity contribution in [2.24, 2.45) is 0 Å².